The molecule has 1 aliphatic heterocycles. The molecule has 2 amide bonds. The topological polar surface area (TPSA) is 142 Å². The maximum atomic E-state index is 12.2. The molecule has 1 heterocycles. The molecule has 1 aliphatic carbocycles. The first-order chi connectivity index (χ1) is 12.3. The molecule has 8 nitrogen and oxygen atoms in total. The van der Waals surface area contributed by atoms with E-state index in [2.05, 4.69) is 10.6 Å². The minimum absolute atomic E-state index is 0. The fourth-order valence-corrected chi connectivity index (χ4v) is 4.15. The van der Waals surface area contributed by atoms with Crippen LogP contribution in [0.3, 0.4) is 0 Å². The van der Waals surface area contributed by atoms with Crippen molar-refractivity contribution in [1.29, 1.82) is 0 Å². The van der Waals surface area contributed by atoms with Crippen molar-refractivity contribution in [3.05, 3.63) is 0 Å². The minimum Gasteiger partial charge on any atom is -0.481 e. The fraction of sp³-hybridized carbons (Fsp3) is 0.833. The lowest BCUT2D eigenvalue weighted by Crippen LogP contribution is -2.64. The molecule has 27 heavy (non-hydrogen) atoms. The molecule has 0 spiro atoms. The molecule has 1 saturated heterocycles. The molecule has 156 valence electrons. The number of hydrogen-bond donors (Lipinski definition) is 5. The lowest BCUT2D eigenvalue weighted by Gasteiger charge is -2.41. The number of piperidine rings is 1. The Kier molecular flexibility index (Phi) is 9.66. The highest BCUT2D eigenvalue weighted by Crippen LogP contribution is 2.34. The molecule has 1 saturated carbocycles. The number of aliphatic hydroxyl groups is 1. The van der Waals surface area contributed by atoms with E-state index in [1.165, 1.54) is 32.1 Å². The van der Waals surface area contributed by atoms with Crippen molar-refractivity contribution in [2.24, 2.45) is 17.1 Å². The molecule has 0 radical (unpaired) electrons. The van der Waals surface area contributed by atoms with Crippen LogP contribution in [0.1, 0.15) is 64.2 Å². The van der Waals surface area contributed by atoms with Crippen molar-refractivity contribution in [2.75, 3.05) is 6.54 Å². The van der Waals surface area contributed by atoms with Gasteiger partial charge in [0.05, 0.1) is 11.5 Å². The van der Waals surface area contributed by atoms with Gasteiger partial charge in [-0.25, -0.2) is 0 Å². The van der Waals surface area contributed by atoms with Crippen LogP contribution in [0.15, 0.2) is 0 Å². The van der Waals surface area contributed by atoms with Crippen LogP contribution in [0.5, 0.6) is 0 Å². The van der Waals surface area contributed by atoms with Gasteiger partial charge in [0.15, 0.2) is 0 Å². The lowest BCUT2D eigenvalue weighted by molar-refractivity contribution is -0.159. The third-order valence-corrected chi connectivity index (χ3v) is 5.82. The maximum absolute atomic E-state index is 12.2. The van der Waals surface area contributed by atoms with E-state index >= 15 is 0 Å². The molecule has 0 aromatic heterocycles. The summed E-state index contributed by atoms with van der Waals surface area (Å²) in [4.78, 5) is 35.9. The Morgan fingerprint density at radius 3 is 2.44 bits per heavy atom. The molecular formula is C18H32ClN3O5. The number of halogens is 1. The highest BCUT2D eigenvalue weighted by Gasteiger charge is 2.50. The minimum atomic E-state index is -1.57. The Balaban J connectivity index is 0.00000364. The Morgan fingerprint density at radius 1 is 1.15 bits per heavy atom. The molecular weight excluding hydrogens is 374 g/mol. The van der Waals surface area contributed by atoms with Gasteiger partial charge in [-0.15, -0.1) is 12.4 Å². The van der Waals surface area contributed by atoms with Gasteiger partial charge in [0.2, 0.25) is 11.8 Å². The first-order valence-corrected chi connectivity index (χ1v) is 9.58. The summed E-state index contributed by atoms with van der Waals surface area (Å²) >= 11 is 0. The van der Waals surface area contributed by atoms with E-state index in [-0.39, 0.29) is 37.7 Å². The zero-order chi connectivity index (χ0) is 19.2. The zero-order valence-corrected chi connectivity index (χ0v) is 16.4. The number of aliphatic hydroxyl groups excluding tert-OH is 1. The van der Waals surface area contributed by atoms with Crippen LogP contribution in [0, 0.1) is 11.3 Å². The predicted octanol–water partition coefficient (Wildman–Crippen LogP) is 0.902. The lowest BCUT2D eigenvalue weighted by atomic mass is 9.71. The summed E-state index contributed by atoms with van der Waals surface area (Å²) in [7, 11) is 0. The van der Waals surface area contributed by atoms with Crippen LogP contribution < -0.4 is 16.4 Å². The second kappa shape index (κ2) is 10.9. The van der Waals surface area contributed by atoms with Crippen LogP contribution in [-0.4, -0.2) is 46.8 Å². The number of carboxylic acids is 1. The fourth-order valence-electron chi connectivity index (χ4n) is 4.15. The van der Waals surface area contributed by atoms with Gasteiger partial charge in [-0.3, -0.25) is 25.0 Å². The van der Waals surface area contributed by atoms with Gasteiger partial charge in [0.1, 0.15) is 6.23 Å². The molecule has 2 unspecified atom stereocenters. The summed E-state index contributed by atoms with van der Waals surface area (Å²) in [5.41, 5.74) is 4.27. The summed E-state index contributed by atoms with van der Waals surface area (Å²) in [5.74, 6) is -1.59. The third-order valence-electron chi connectivity index (χ3n) is 5.82. The van der Waals surface area contributed by atoms with Gasteiger partial charge in [-0.05, 0) is 31.7 Å². The average Bonchev–Trinajstić information content (AvgIpc) is 2.59. The number of aliphatic carboxylic acids is 1. The number of imide groups is 1. The van der Waals surface area contributed by atoms with Crippen LogP contribution >= 0.6 is 12.4 Å². The number of nitrogens with two attached hydrogens (primary N) is 1. The van der Waals surface area contributed by atoms with Crippen molar-refractivity contribution in [2.45, 2.75) is 76.5 Å². The van der Waals surface area contributed by atoms with Crippen LogP contribution in [-0.2, 0) is 14.4 Å². The third kappa shape index (κ3) is 6.41. The Morgan fingerprint density at radius 2 is 1.81 bits per heavy atom. The normalized spacial score (nSPS) is 28.8. The second-order valence-electron chi connectivity index (χ2n) is 7.68. The van der Waals surface area contributed by atoms with Gasteiger partial charge in [0.25, 0.3) is 0 Å². The molecule has 0 aromatic carbocycles. The standard InChI is InChI=1S/C18H31N3O5.ClH/c19-15-16(24)20-10-9-18(15,17(25)26)11-14(23)21-13(22)8-4-7-12-5-2-1-3-6-12;/h12,15-16,20,24H,1-11,19H2,(H,25,26)(H,21,22,23);1H/t15-,16?,18?;/m0./s1. The highest BCUT2D eigenvalue weighted by atomic mass is 35.5. The van der Waals surface area contributed by atoms with E-state index in [0.717, 1.165) is 12.8 Å². The van der Waals surface area contributed by atoms with E-state index in [1.807, 2.05) is 0 Å². The number of amides is 2. The highest BCUT2D eigenvalue weighted by molar-refractivity contribution is 5.97. The van der Waals surface area contributed by atoms with Crippen molar-refractivity contribution in [3.63, 3.8) is 0 Å². The number of rotatable bonds is 7. The van der Waals surface area contributed by atoms with Crippen LogP contribution in [0.25, 0.3) is 0 Å². The van der Waals surface area contributed by atoms with Gasteiger partial charge in [0, 0.05) is 12.8 Å². The quantitative estimate of drug-likeness (QED) is 0.423. The zero-order valence-electron chi connectivity index (χ0n) is 15.6. The van der Waals surface area contributed by atoms with E-state index in [4.69, 9.17) is 5.73 Å². The Bertz CT molecular complexity index is 527. The SMILES string of the molecule is Cl.N[C@H]1C(O)NCCC1(CC(=O)NC(=O)CCCC1CCCCC1)C(=O)O. The van der Waals surface area contributed by atoms with Crippen molar-refractivity contribution in [1.82, 2.24) is 10.6 Å². The Labute approximate surface area is 166 Å². The monoisotopic (exact) mass is 405 g/mol. The maximum Gasteiger partial charge on any atom is 0.311 e. The molecule has 0 bridgehead atoms. The van der Waals surface area contributed by atoms with Crippen molar-refractivity contribution < 1.29 is 24.6 Å². The first kappa shape index (κ1) is 23.8. The number of hydrogen-bond acceptors (Lipinski definition) is 6. The van der Waals surface area contributed by atoms with Gasteiger partial charge < -0.3 is 15.9 Å². The van der Waals surface area contributed by atoms with Gasteiger partial charge >= 0.3 is 5.97 Å². The molecule has 2 rings (SSSR count). The molecule has 2 aliphatic rings. The van der Waals surface area contributed by atoms with Crippen LogP contribution in [0.2, 0.25) is 0 Å². The molecule has 9 heteroatoms. The predicted molar refractivity (Wildman–Crippen MR) is 102 cm³/mol. The second-order valence-corrected chi connectivity index (χ2v) is 7.68. The van der Waals surface area contributed by atoms with Crippen LogP contribution in [0.4, 0.5) is 0 Å². The van der Waals surface area contributed by atoms with E-state index in [1.54, 1.807) is 0 Å². The summed E-state index contributed by atoms with van der Waals surface area (Å²) in [6.45, 7) is 0.240. The summed E-state index contributed by atoms with van der Waals surface area (Å²) < 4.78 is 0. The summed E-state index contributed by atoms with van der Waals surface area (Å²) in [6.07, 6.45) is 6.73. The van der Waals surface area contributed by atoms with Crippen molar-refractivity contribution >= 4 is 30.2 Å². The van der Waals surface area contributed by atoms with Crippen molar-refractivity contribution in [3.8, 4) is 0 Å². The Hall–Kier alpha value is -1.22. The number of nitrogens with one attached hydrogen (secondary N) is 2. The largest absolute Gasteiger partial charge is 0.481 e. The molecule has 0 aromatic rings. The number of carbonyl (C=O) groups excluding carboxylic acids is 2. The van der Waals surface area contributed by atoms with Gasteiger partial charge in [-0.1, -0.05) is 32.1 Å². The molecule has 2 fully saturated rings. The molecule has 3 atom stereocenters. The number of carboxylic acid groups (broad SMARTS) is 1. The first-order valence-electron chi connectivity index (χ1n) is 9.58. The summed E-state index contributed by atoms with van der Waals surface area (Å²) in [5, 5.41) is 24.3. The number of carbonyl (C=O) groups is 3. The van der Waals surface area contributed by atoms with E-state index in [9.17, 15) is 24.6 Å². The van der Waals surface area contributed by atoms with E-state index < -0.39 is 36.0 Å². The molecule has 6 N–H and O–H groups in total. The smallest absolute Gasteiger partial charge is 0.311 e. The summed E-state index contributed by atoms with van der Waals surface area (Å²) in [6, 6.07) is -1.12. The van der Waals surface area contributed by atoms with E-state index in [0.29, 0.717) is 5.92 Å². The average molecular weight is 406 g/mol. The van der Waals surface area contributed by atoms with Gasteiger partial charge in [-0.2, -0.15) is 0 Å².